The average molecular weight is 370 g/mol. The summed E-state index contributed by atoms with van der Waals surface area (Å²) in [7, 11) is 3.17. The van der Waals surface area contributed by atoms with E-state index in [0.29, 0.717) is 24.6 Å². The number of unbranched alkanes of at least 4 members (excludes halogenated alkanes) is 1. The molecule has 0 spiro atoms. The summed E-state index contributed by atoms with van der Waals surface area (Å²) in [4.78, 5) is 23.8. The number of rotatable bonds is 9. The molecule has 0 atom stereocenters. The summed E-state index contributed by atoms with van der Waals surface area (Å²) in [5.74, 6) is 1.19. The lowest BCUT2D eigenvalue weighted by atomic mass is 10.1. The summed E-state index contributed by atoms with van der Waals surface area (Å²) >= 11 is 0. The minimum Gasteiger partial charge on any atom is -0.497 e. The summed E-state index contributed by atoms with van der Waals surface area (Å²) in [6, 6.07) is 10.6. The highest BCUT2D eigenvalue weighted by atomic mass is 16.5. The number of carbonyl (C=O) groups is 1. The van der Waals surface area contributed by atoms with Gasteiger partial charge in [-0.05, 0) is 50.1 Å². The summed E-state index contributed by atoms with van der Waals surface area (Å²) in [6.07, 6.45) is 4.79. The van der Waals surface area contributed by atoms with E-state index in [2.05, 4.69) is 5.32 Å². The van der Waals surface area contributed by atoms with Crippen molar-refractivity contribution < 1.29 is 14.3 Å². The van der Waals surface area contributed by atoms with E-state index in [0.717, 1.165) is 24.1 Å². The van der Waals surface area contributed by atoms with E-state index in [9.17, 15) is 9.59 Å². The molecule has 0 unspecified atom stereocenters. The van der Waals surface area contributed by atoms with Crippen molar-refractivity contribution in [2.45, 2.75) is 26.3 Å². The van der Waals surface area contributed by atoms with Gasteiger partial charge in [0.25, 0.3) is 5.56 Å². The molecule has 1 amide bonds. The normalized spacial score (nSPS) is 10.8. The van der Waals surface area contributed by atoms with E-state index in [1.807, 2.05) is 19.1 Å². The zero-order valence-electron chi connectivity index (χ0n) is 16.0. The van der Waals surface area contributed by atoms with Crippen LogP contribution in [0.4, 0.5) is 0 Å². The van der Waals surface area contributed by atoms with Crippen LogP contribution in [0.1, 0.15) is 24.1 Å². The molecule has 1 N–H and O–H groups in total. The first-order chi connectivity index (χ1) is 13.0. The fourth-order valence-electron chi connectivity index (χ4n) is 2.71. The van der Waals surface area contributed by atoms with Crippen molar-refractivity contribution in [2.24, 2.45) is 0 Å². The van der Waals surface area contributed by atoms with Crippen LogP contribution < -0.4 is 20.3 Å². The summed E-state index contributed by atoms with van der Waals surface area (Å²) in [6.45, 7) is 3.12. The van der Waals surface area contributed by atoms with Crippen molar-refractivity contribution in [3.63, 3.8) is 0 Å². The quantitative estimate of drug-likeness (QED) is 0.544. The number of hydrogen-bond acceptors (Lipinski definition) is 4. The van der Waals surface area contributed by atoms with Gasteiger partial charge in [0.1, 0.15) is 11.5 Å². The fraction of sp³-hybridized carbons (Fsp3) is 0.333. The molecule has 0 saturated heterocycles. The Labute approximate surface area is 159 Å². The molecular formula is C21H26N2O4. The number of hydrogen-bond donors (Lipinski definition) is 1. The Balaban J connectivity index is 1.80. The highest BCUT2D eigenvalue weighted by molar-refractivity contribution is 5.92. The van der Waals surface area contributed by atoms with Crippen LogP contribution in [0, 0.1) is 6.92 Å². The largest absolute Gasteiger partial charge is 0.497 e. The number of nitrogens with zero attached hydrogens (tertiary/aromatic N) is 1. The predicted molar refractivity (Wildman–Crippen MR) is 106 cm³/mol. The number of nitrogens with one attached hydrogen (secondary N) is 1. The number of methoxy groups -OCH3 is 2. The first-order valence-corrected chi connectivity index (χ1v) is 8.89. The van der Waals surface area contributed by atoms with Crippen molar-refractivity contribution in [2.75, 3.05) is 20.8 Å². The van der Waals surface area contributed by atoms with Gasteiger partial charge in [-0.3, -0.25) is 9.59 Å². The second kappa shape index (κ2) is 10.2. The molecule has 0 fully saturated rings. The third-order valence-corrected chi connectivity index (χ3v) is 4.23. The van der Waals surface area contributed by atoms with E-state index < -0.39 is 0 Å². The summed E-state index contributed by atoms with van der Waals surface area (Å²) in [5.41, 5.74) is 1.72. The SMILES string of the molecule is COc1ccc(OC)c(/C=C/C(=O)NCCCCn2c(C)cccc2=O)c1. The second-order valence-corrected chi connectivity index (χ2v) is 6.10. The topological polar surface area (TPSA) is 69.6 Å². The minimum absolute atomic E-state index is 0.00852. The van der Waals surface area contributed by atoms with Crippen LogP contribution in [0.2, 0.25) is 0 Å². The molecule has 6 nitrogen and oxygen atoms in total. The average Bonchev–Trinajstić information content (AvgIpc) is 2.67. The number of aryl methyl sites for hydroxylation is 1. The number of aromatic nitrogens is 1. The van der Waals surface area contributed by atoms with Gasteiger partial charge in [-0.15, -0.1) is 0 Å². The van der Waals surface area contributed by atoms with Crippen molar-refractivity contribution in [3.05, 3.63) is 64.1 Å². The van der Waals surface area contributed by atoms with Gasteiger partial charge in [-0.2, -0.15) is 0 Å². The van der Waals surface area contributed by atoms with Gasteiger partial charge in [0.15, 0.2) is 0 Å². The van der Waals surface area contributed by atoms with Crippen LogP contribution in [0.3, 0.4) is 0 Å². The molecule has 27 heavy (non-hydrogen) atoms. The smallest absolute Gasteiger partial charge is 0.250 e. The van der Waals surface area contributed by atoms with E-state index >= 15 is 0 Å². The standard InChI is InChI=1S/C21H26N2O4/c1-16-7-6-8-21(25)23(16)14-5-4-13-22-20(24)12-9-17-15-18(26-2)10-11-19(17)27-3/h6-12,15H,4-5,13-14H2,1-3H3,(H,22,24)/b12-9+. The van der Waals surface area contributed by atoms with Crippen LogP contribution in [-0.4, -0.2) is 31.2 Å². The van der Waals surface area contributed by atoms with Crippen molar-refractivity contribution in [3.8, 4) is 11.5 Å². The van der Waals surface area contributed by atoms with Crippen LogP contribution in [0.15, 0.2) is 47.3 Å². The lowest BCUT2D eigenvalue weighted by molar-refractivity contribution is -0.116. The molecule has 0 aliphatic heterocycles. The molecule has 0 bridgehead atoms. The van der Waals surface area contributed by atoms with Gasteiger partial charge in [0.05, 0.1) is 14.2 Å². The number of carbonyl (C=O) groups excluding carboxylic acids is 1. The van der Waals surface area contributed by atoms with Crippen molar-refractivity contribution >= 4 is 12.0 Å². The monoisotopic (exact) mass is 370 g/mol. The molecule has 1 heterocycles. The van der Waals surface area contributed by atoms with Crippen molar-refractivity contribution in [1.29, 1.82) is 0 Å². The molecule has 0 aliphatic rings. The third kappa shape index (κ3) is 6.02. The molecule has 6 heteroatoms. The van der Waals surface area contributed by atoms with E-state index in [1.165, 1.54) is 6.08 Å². The molecule has 2 rings (SSSR count). The van der Waals surface area contributed by atoms with Crippen molar-refractivity contribution in [1.82, 2.24) is 9.88 Å². The van der Waals surface area contributed by atoms with Crippen LogP contribution in [0.5, 0.6) is 11.5 Å². The Morgan fingerprint density at radius 3 is 2.67 bits per heavy atom. The highest BCUT2D eigenvalue weighted by Gasteiger charge is 2.03. The Hall–Kier alpha value is -3.02. The highest BCUT2D eigenvalue weighted by Crippen LogP contribution is 2.24. The number of amides is 1. The zero-order valence-corrected chi connectivity index (χ0v) is 16.0. The minimum atomic E-state index is -0.173. The Morgan fingerprint density at radius 1 is 1.15 bits per heavy atom. The Bertz CT molecular complexity index is 856. The van der Waals surface area contributed by atoms with E-state index in [1.54, 1.807) is 49.1 Å². The first kappa shape index (κ1) is 20.3. The zero-order chi connectivity index (χ0) is 19.6. The fourth-order valence-corrected chi connectivity index (χ4v) is 2.71. The first-order valence-electron chi connectivity index (χ1n) is 8.89. The lowest BCUT2D eigenvalue weighted by Crippen LogP contribution is -2.24. The maximum Gasteiger partial charge on any atom is 0.250 e. The molecule has 0 saturated carbocycles. The third-order valence-electron chi connectivity index (χ3n) is 4.23. The van der Waals surface area contributed by atoms with Gasteiger partial charge in [-0.25, -0.2) is 0 Å². The van der Waals surface area contributed by atoms with Crippen LogP contribution in [0.25, 0.3) is 6.08 Å². The maximum absolute atomic E-state index is 12.0. The molecule has 0 radical (unpaired) electrons. The van der Waals surface area contributed by atoms with Crippen LogP contribution >= 0.6 is 0 Å². The van der Waals surface area contributed by atoms with Gasteiger partial charge < -0.3 is 19.4 Å². The number of ether oxygens (including phenoxy) is 2. The Kier molecular flexibility index (Phi) is 7.67. The van der Waals surface area contributed by atoms with Crippen LogP contribution in [-0.2, 0) is 11.3 Å². The predicted octanol–water partition coefficient (Wildman–Crippen LogP) is 2.78. The Morgan fingerprint density at radius 2 is 1.96 bits per heavy atom. The lowest BCUT2D eigenvalue weighted by Gasteiger charge is -2.09. The molecule has 144 valence electrons. The molecule has 1 aromatic carbocycles. The van der Waals surface area contributed by atoms with Gasteiger partial charge in [0.2, 0.25) is 5.91 Å². The van der Waals surface area contributed by atoms with E-state index in [-0.39, 0.29) is 11.5 Å². The molecule has 0 aliphatic carbocycles. The van der Waals surface area contributed by atoms with Gasteiger partial charge in [0, 0.05) is 36.5 Å². The second-order valence-electron chi connectivity index (χ2n) is 6.10. The number of pyridine rings is 1. The van der Waals surface area contributed by atoms with E-state index in [4.69, 9.17) is 9.47 Å². The maximum atomic E-state index is 12.0. The summed E-state index contributed by atoms with van der Waals surface area (Å²) in [5, 5.41) is 2.85. The van der Waals surface area contributed by atoms with Gasteiger partial charge >= 0.3 is 0 Å². The summed E-state index contributed by atoms with van der Waals surface area (Å²) < 4.78 is 12.2. The molecule has 2 aromatic rings. The van der Waals surface area contributed by atoms with Gasteiger partial charge in [-0.1, -0.05) is 6.07 Å². The number of benzene rings is 1. The molecule has 1 aromatic heterocycles. The molecular weight excluding hydrogens is 344 g/mol.